The van der Waals surface area contributed by atoms with Crippen molar-refractivity contribution in [3.63, 3.8) is 0 Å². The molecule has 0 amide bonds. The second-order valence-electron chi connectivity index (χ2n) is 5.91. The molecular weight excluding hydrogens is 375 g/mol. The molecule has 0 spiro atoms. The highest BCUT2D eigenvalue weighted by Crippen LogP contribution is 2.21. The van der Waals surface area contributed by atoms with Crippen LogP contribution in [0.15, 0.2) is 4.99 Å². The summed E-state index contributed by atoms with van der Waals surface area (Å²) in [5.74, 6) is 0.946. The van der Waals surface area contributed by atoms with E-state index in [1.807, 2.05) is 7.05 Å². The predicted molar refractivity (Wildman–Crippen MR) is 104 cm³/mol. The van der Waals surface area contributed by atoms with Crippen molar-refractivity contribution < 1.29 is 0 Å². The van der Waals surface area contributed by atoms with Crippen LogP contribution in [0.2, 0.25) is 0 Å². The lowest BCUT2D eigenvalue weighted by molar-refractivity contribution is 0.249. The molecule has 2 N–H and O–H groups in total. The first-order valence-electron chi connectivity index (χ1n) is 8.42. The fourth-order valence-corrected chi connectivity index (χ4v) is 2.86. The molecule has 1 saturated carbocycles. The van der Waals surface area contributed by atoms with E-state index in [4.69, 9.17) is 0 Å². The van der Waals surface area contributed by atoms with Crippen LogP contribution in [0.4, 0.5) is 0 Å². The number of aliphatic imine (C=N–C) groups is 1. The van der Waals surface area contributed by atoms with E-state index in [0.29, 0.717) is 0 Å². The monoisotopic (exact) mass is 410 g/mol. The molecule has 21 heavy (non-hydrogen) atoms. The van der Waals surface area contributed by atoms with Gasteiger partial charge >= 0.3 is 0 Å². The zero-order valence-corrected chi connectivity index (χ0v) is 16.5. The quantitative estimate of drug-likeness (QED) is 0.265. The summed E-state index contributed by atoms with van der Waals surface area (Å²) in [7, 11) is 4.10. The number of hydrogen-bond donors (Lipinski definition) is 2. The molecule has 0 bridgehead atoms. The van der Waals surface area contributed by atoms with Gasteiger partial charge < -0.3 is 15.5 Å². The van der Waals surface area contributed by atoms with Gasteiger partial charge in [0.05, 0.1) is 0 Å². The summed E-state index contributed by atoms with van der Waals surface area (Å²) in [6, 6.07) is 0.806. The van der Waals surface area contributed by atoms with Crippen LogP contribution in [-0.2, 0) is 0 Å². The highest BCUT2D eigenvalue weighted by atomic mass is 127. The fourth-order valence-electron chi connectivity index (χ4n) is 2.86. The Morgan fingerprint density at radius 1 is 1.10 bits per heavy atom. The lowest BCUT2D eigenvalue weighted by Crippen LogP contribution is -2.42. The topological polar surface area (TPSA) is 39.7 Å². The molecule has 0 aromatic rings. The molecule has 0 heterocycles. The zero-order valence-electron chi connectivity index (χ0n) is 14.2. The van der Waals surface area contributed by atoms with E-state index in [2.05, 4.69) is 34.5 Å². The summed E-state index contributed by atoms with van der Waals surface area (Å²) in [6.07, 6.45) is 10.7. The van der Waals surface area contributed by atoms with E-state index in [-0.39, 0.29) is 24.0 Å². The standard InChI is InChI=1S/C16H34N4.HI/c1-4-5-6-9-12-18-16(17-2)19-13-14-20(3)15-10-7-8-11-15;/h15H,4-14H2,1-3H3,(H2,17,18,19);1H. The van der Waals surface area contributed by atoms with Gasteiger partial charge in [-0.05, 0) is 26.3 Å². The first-order chi connectivity index (χ1) is 9.77. The van der Waals surface area contributed by atoms with Gasteiger partial charge in [0.25, 0.3) is 0 Å². The predicted octanol–water partition coefficient (Wildman–Crippen LogP) is 3.22. The van der Waals surface area contributed by atoms with Gasteiger partial charge in [-0.3, -0.25) is 4.99 Å². The summed E-state index contributed by atoms with van der Waals surface area (Å²) in [5, 5.41) is 6.80. The SMILES string of the molecule is CCCCCCNC(=NC)NCCN(C)C1CCCC1.I. The zero-order chi connectivity index (χ0) is 14.6. The maximum absolute atomic E-state index is 4.28. The molecule has 0 unspecified atom stereocenters. The minimum Gasteiger partial charge on any atom is -0.356 e. The van der Waals surface area contributed by atoms with Crippen LogP contribution in [0.25, 0.3) is 0 Å². The molecule has 1 fully saturated rings. The molecule has 1 aliphatic rings. The summed E-state index contributed by atoms with van der Waals surface area (Å²) in [6.45, 7) is 5.34. The van der Waals surface area contributed by atoms with Gasteiger partial charge in [-0.25, -0.2) is 0 Å². The largest absolute Gasteiger partial charge is 0.356 e. The van der Waals surface area contributed by atoms with Crippen molar-refractivity contribution in [1.29, 1.82) is 0 Å². The van der Waals surface area contributed by atoms with Crippen molar-refractivity contribution in [2.45, 2.75) is 64.3 Å². The van der Waals surface area contributed by atoms with Crippen LogP contribution in [0.3, 0.4) is 0 Å². The Morgan fingerprint density at radius 2 is 1.76 bits per heavy atom. The smallest absolute Gasteiger partial charge is 0.191 e. The molecule has 1 rings (SSSR count). The van der Waals surface area contributed by atoms with Crippen LogP contribution in [0.1, 0.15) is 58.3 Å². The van der Waals surface area contributed by atoms with Crippen LogP contribution < -0.4 is 10.6 Å². The van der Waals surface area contributed by atoms with Crippen molar-refractivity contribution in [3.05, 3.63) is 0 Å². The number of nitrogens with one attached hydrogen (secondary N) is 2. The van der Waals surface area contributed by atoms with Gasteiger partial charge in [0.1, 0.15) is 0 Å². The third kappa shape index (κ3) is 9.55. The summed E-state index contributed by atoms with van der Waals surface area (Å²) in [4.78, 5) is 6.77. The lowest BCUT2D eigenvalue weighted by atomic mass is 10.2. The highest BCUT2D eigenvalue weighted by molar-refractivity contribution is 14.0. The minimum atomic E-state index is 0. The first kappa shape index (κ1) is 21.0. The first-order valence-corrected chi connectivity index (χ1v) is 8.42. The molecular formula is C16H35IN4. The number of hydrogen-bond acceptors (Lipinski definition) is 2. The van der Waals surface area contributed by atoms with Gasteiger partial charge in [-0.15, -0.1) is 24.0 Å². The summed E-state index contributed by atoms with van der Waals surface area (Å²) in [5.41, 5.74) is 0. The van der Waals surface area contributed by atoms with Crippen molar-refractivity contribution >= 4 is 29.9 Å². The van der Waals surface area contributed by atoms with Crippen LogP contribution in [0, 0.1) is 0 Å². The van der Waals surface area contributed by atoms with Gasteiger partial charge in [-0.1, -0.05) is 39.0 Å². The Balaban J connectivity index is 0.00000400. The van der Waals surface area contributed by atoms with Crippen molar-refractivity contribution in [2.24, 2.45) is 4.99 Å². The Bertz CT molecular complexity index is 265. The van der Waals surface area contributed by atoms with E-state index in [1.165, 1.54) is 51.4 Å². The van der Waals surface area contributed by atoms with Gasteiger partial charge in [0.2, 0.25) is 0 Å². The summed E-state index contributed by atoms with van der Waals surface area (Å²) < 4.78 is 0. The molecule has 4 nitrogen and oxygen atoms in total. The molecule has 5 heteroatoms. The highest BCUT2D eigenvalue weighted by Gasteiger charge is 2.18. The molecule has 0 saturated heterocycles. The lowest BCUT2D eigenvalue weighted by Gasteiger charge is -2.24. The minimum absolute atomic E-state index is 0. The molecule has 0 aromatic carbocycles. The Morgan fingerprint density at radius 3 is 2.38 bits per heavy atom. The number of nitrogens with zero attached hydrogens (tertiary/aromatic N) is 2. The molecule has 0 aliphatic heterocycles. The maximum atomic E-state index is 4.28. The maximum Gasteiger partial charge on any atom is 0.191 e. The normalized spacial score (nSPS) is 16.1. The van der Waals surface area contributed by atoms with Crippen LogP contribution >= 0.6 is 24.0 Å². The van der Waals surface area contributed by atoms with Gasteiger partial charge in [0.15, 0.2) is 5.96 Å². The van der Waals surface area contributed by atoms with E-state index in [9.17, 15) is 0 Å². The van der Waals surface area contributed by atoms with Crippen LogP contribution in [0.5, 0.6) is 0 Å². The molecule has 0 atom stereocenters. The summed E-state index contributed by atoms with van der Waals surface area (Å²) >= 11 is 0. The number of unbranched alkanes of at least 4 members (excludes halogenated alkanes) is 3. The van der Waals surface area contributed by atoms with Crippen LogP contribution in [-0.4, -0.2) is 50.6 Å². The number of rotatable bonds is 9. The third-order valence-corrected chi connectivity index (χ3v) is 4.25. The Hall–Kier alpha value is -0.0400. The number of guanidine groups is 1. The molecule has 0 aromatic heterocycles. The van der Waals surface area contributed by atoms with Gasteiger partial charge in [-0.2, -0.15) is 0 Å². The van der Waals surface area contributed by atoms with E-state index < -0.39 is 0 Å². The average Bonchev–Trinajstić information content (AvgIpc) is 2.99. The Labute approximate surface area is 148 Å². The van der Waals surface area contributed by atoms with E-state index >= 15 is 0 Å². The second-order valence-corrected chi connectivity index (χ2v) is 5.91. The Kier molecular flexibility index (Phi) is 13.6. The fraction of sp³-hybridized carbons (Fsp3) is 0.938. The molecule has 1 aliphatic carbocycles. The van der Waals surface area contributed by atoms with Gasteiger partial charge in [0, 0.05) is 32.7 Å². The second kappa shape index (κ2) is 13.6. The van der Waals surface area contributed by atoms with Crippen molar-refractivity contribution in [1.82, 2.24) is 15.5 Å². The number of halogens is 1. The average molecular weight is 410 g/mol. The van der Waals surface area contributed by atoms with E-state index in [0.717, 1.165) is 31.6 Å². The van der Waals surface area contributed by atoms with E-state index in [1.54, 1.807) is 0 Å². The van der Waals surface area contributed by atoms with Crippen molar-refractivity contribution in [3.8, 4) is 0 Å². The van der Waals surface area contributed by atoms with Crippen molar-refractivity contribution in [2.75, 3.05) is 33.7 Å². The third-order valence-electron chi connectivity index (χ3n) is 4.25. The molecule has 0 radical (unpaired) electrons. The molecule has 126 valence electrons. The number of likely N-dealkylation sites (N-methyl/N-ethyl adjacent to an activating group) is 1.